The van der Waals surface area contributed by atoms with Crippen molar-refractivity contribution in [1.82, 2.24) is 9.97 Å². The number of hydrogen-bond donors (Lipinski definition) is 2. The zero-order chi connectivity index (χ0) is 20.1. The van der Waals surface area contributed by atoms with Gasteiger partial charge in [-0.2, -0.15) is 0 Å². The van der Waals surface area contributed by atoms with E-state index in [-0.39, 0.29) is 11.7 Å². The Labute approximate surface area is 168 Å². The lowest BCUT2D eigenvalue weighted by molar-refractivity contribution is 0.102. The lowest BCUT2D eigenvalue weighted by Crippen LogP contribution is -2.17. The van der Waals surface area contributed by atoms with Crippen molar-refractivity contribution in [2.24, 2.45) is 0 Å². The molecule has 0 aliphatic rings. The Morgan fingerprint density at radius 1 is 0.828 bits per heavy atom. The zero-order valence-electron chi connectivity index (χ0n) is 15.6. The number of rotatable bonds is 5. The smallest absolute Gasteiger partial charge is 0.256 e. The zero-order valence-corrected chi connectivity index (χ0v) is 15.6. The highest BCUT2D eigenvalue weighted by molar-refractivity contribution is 6.04. The second-order valence-electron chi connectivity index (χ2n) is 6.49. The summed E-state index contributed by atoms with van der Waals surface area (Å²) >= 11 is 0. The largest absolute Gasteiger partial charge is 0.382 e. The second-order valence-corrected chi connectivity index (χ2v) is 6.49. The quantitative estimate of drug-likeness (QED) is 0.535. The molecule has 4 aromatic rings. The topological polar surface area (TPSA) is 75.1 Å². The summed E-state index contributed by atoms with van der Waals surface area (Å²) in [6.45, 7) is 0. The number of nitrogens with zero attached hydrogens (tertiary/aromatic N) is 2. The van der Waals surface area contributed by atoms with Gasteiger partial charge in [-0.1, -0.05) is 78.9 Å². The third kappa shape index (κ3) is 4.20. The van der Waals surface area contributed by atoms with Crippen molar-refractivity contribution in [2.75, 3.05) is 5.32 Å². The van der Waals surface area contributed by atoms with E-state index >= 15 is 0 Å². The minimum atomic E-state index is -1.03. The molecule has 1 aromatic heterocycles. The maximum absolute atomic E-state index is 12.6. The van der Waals surface area contributed by atoms with Crippen LogP contribution < -0.4 is 5.32 Å². The van der Waals surface area contributed by atoms with E-state index in [4.69, 9.17) is 0 Å². The molecule has 0 saturated heterocycles. The summed E-state index contributed by atoms with van der Waals surface area (Å²) in [7, 11) is 0. The van der Waals surface area contributed by atoms with Crippen LogP contribution in [-0.4, -0.2) is 21.0 Å². The third-order valence-corrected chi connectivity index (χ3v) is 4.51. The fraction of sp³-hybridized carbons (Fsp3) is 0.0417. The van der Waals surface area contributed by atoms with E-state index in [9.17, 15) is 9.90 Å². The normalized spacial score (nSPS) is 11.6. The summed E-state index contributed by atoms with van der Waals surface area (Å²) in [5.74, 6) is -0.0799. The predicted octanol–water partition coefficient (Wildman–Crippen LogP) is 4.48. The highest BCUT2D eigenvalue weighted by atomic mass is 16.3. The van der Waals surface area contributed by atoms with Gasteiger partial charge in [-0.05, 0) is 17.7 Å². The highest BCUT2D eigenvalue weighted by Crippen LogP contribution is 2.28. The van der Waals surface area contributed by atoms with Crippen molar-refractivity contribution in [2.45, 2.75) is 6.10 Å². The SMILES string of the molecule is O=C(Nc1ncc(-c2ccccc2)nc1C(O)c1ccccc1)c1ccccc1. The van der Waals surface area contributed by atoms with Gasteiger partial charge in [0, 0.05) is 11.1 Å². The van der Waals surface area contributed by atoms with E-state index in [0.717, 1.165) is 5.56 Å². The molecule has 0 bridgehead atoms. The molecule has 1 heterocycles. The van der Waals surface area contributed by atoms with Crippen molar-refractivity contribution in [3.8, 4) is 11.3 Å². The number of nitrogens with one attached hydrogen (secondary N) is 1. The molecule has 3 aromatic carbocycles. The van der Waals surface area contributed by atoms with E-state index in [1.54, 1.807) is 30.5 Å². The Balaban J connectivity index is 1.74. The molecule has 0 saturated carbocycles. The highest BCUT2D eigenvalue weighted by Gasteiger charge is 2.20. The molecule has 4 rings (SSSR count). The lowest BCUT2D eigenvalue weighted by Gasteiger charge is -2.16. The molecule has 1 amide bonds. The molecule has 0 fully saturated rings. The fourth-order valence-electron chi connectivity index (χ4n) is 3.00. The van der Waals surface area contributed by atoms with Gasteiger partial charge in [-0.3, -0.25) is 4.79 Å². The van der Waals surface area contributed by atoms with E-state index in [2.05, 4.69) is 15.3 Å². The van der Waals surface area contributed by atoms with Crippen LogP contribution in [0.5, 0.6) is 0 Å². The fourth-order valence-corrected chi connectivity index (χ4v) is 3.00. The number of amides is 1. The van der Waals surface area contributed by atoms with Crippen LogP contribution in [-0.2, 0) is 0 Å². The molecule has 0 radical (unpaired) electrons. The van der Waals surface area contributed by atoms with Crippen molar-refractivity contribution >= 4 is 11.7 Å². The number of aromatic nitrogens is 2. The maximum atomic E-state index is 12.6. The van der Waals surface area contributed by atoms with Gasteiger partial charge in [0.15, 0.2) is 5.82 Å². The van der Waals surface area contributed by atoms with Crippen LogP contribution in [0.25, 0.3) is 11.3 Å². The summed E-state index contributed by atoms with van der Waals surface area (Å²) in [5, 5.41) is 13.8. The summed E-state index contributed by atoms with van der Waals surface area (Å²) in [4.78, 5) is 21.7. The number of benzene rings is 3. The van der Waals surface area contributed by atoms with Gasteiger partial charge in [0.2, 0.25) is 0 Å². The summed E-state index contributed by atoms with van der Waals surface area (Å²) in [5.41, 5.74) is 2.96. The predicted molar refractivity (Wildman–Crippen MR) is 112 cm³/mol. The number of aliphatic hydroxyl groups excluding tert-OH is 1. The number of anilines is 1. The minimum absolute atomic E-state index is 0.231. The van der Waals surface area contributed by atoms with E-state index in [1.165, 1.54) is 0 Å². The van der Waals surface area contributed by atoms with E-state index in [1.807, 2.05) is 66.7 Å². The average molecular weight is 381 g/mol. The van der Waals surface area contributed by atoms with Crippen LogP contribution in [0, 0.1) is 0 Å². The molecule has 142 valence electrons. The van der Waals surface area contributed by atoms with Crippen LogP contribution in [0.3, 0.4) is 0 Å². The van der Waals surface area contributed by atoms with Gasteiger partial charge >= 0.3 is 0 Å². The molecule has 1 unspecified atom stereocenters. The number of carbonyl (C=O) groups is 1. The first-order valence-electron chi connectivity index (χ1n) is 9.24. The van der Waals surface area contributed by atoms with Gasteiger partial charge in [-0.15, -0.1) is 0 Å². The minimum Gasteiger partial charge on any atom is -0.382 e. The molecule has 0 spiro atoms. The van der Waals surface area contributed by atoms with Crippen molar-refractivity contribution < 1.29 is 9.90 Å². The van der Waals surface area contributed by atoms with Crippen LogP contribution in [0.4, 0.5) is 5.82 Å². The molecule has 2 N–H and O–H groups in total. The first-order valence-corrected chi connectivity index (χ1v) is 9.24. The lowest BCUT2D eigenvalue weighted by atomic mass is 10.1. The van der Waals surface area contributed by atoms with Gasteiger partial charge in [0.05, 0.1) is 11.9 Å². The van der Waals surface area contributed by atoms with Crippen molar-refractivity contribution in [3.63, 3.8) is 0 Å². The Hall–Kier alpha value is -3.83. The monoisotopic (exact) mass is 381 g/mol. The second kappa shape index (κ2) is 8.46. The molecule has 0 aliphatic heterocycles. The molecule has 29 heavy (non-hydrogen) atoms. The van der Waals surface area contributed by atoms with Crippen molar-refractivity contribution in [1.29, 1.82) is 0 Å². The van der Waals surface area contributed by atoms with E-state index < -0.39 is 6.10 Å². The molecule has 1 atom stereocenters. The maximum Gasteiger partial charge on any atom is 0.256 e. The van der Waals surface area contributed by atoms with Gasteiger partial charge in [0.1, 0.15) is 11.8 Å². The number of aliphatic hydroxyl groups is 1. The molecule has 5 nitrogen and oxygen atoms in total. The first-order chi connectivity index (χ1) is 14.2. The number of hydrogen-bond acceptors (Lipinski definition) is 4. The Morgan fingerprint density at radius 3 is 2.07 bits per heavy atom. The van der Waals surface area contributed by atoms with Crippen LogP contribution in [0.1, 0.15) is 27.7 Å². The Kier molecular flexibility index (Phi) is 5.40. The van der Waals surface area contributed by atoms with Crippen LogP contribution >= 0.6 is 0 Å². The third-order valence-electron chi connectivity index (χ3n) is 4.51. The summed E-state index contributed by atoms with van der Waals surface area (Å²) < 4.78 is 0. The van der Waals surface area contributed by atoms with E-state index in [0.29, 0.717) is 22.5 Å². The van der Waals surface area contributed by atoms with Gasteiger partial charge in [-0.25, -0.2) is 9.97 Å². The average Bonchev–Trinajstić information content (AvgIpc) is 2.80. The van der Waals surface area contributed by atoms with Crippen LogP contribution in [0.2, 0.25) is 0 Å². The molecular formula is C24H19N3O2. The van der Waals surface area contributed by atoms with Crippen molar-refractivity contribution in [3.05, 3.63) is 114 Å². The first kappa shape index (κ1) is 18.5. The summed E-state index contributed by atoms with van der Waals surface area (Å²) in [6.07, 6.45) is 0.565. The van der Waals surface area contributed by atoms with Gasteiger partial charge < -0.3 is 10.4 Å². The number of carbonyl (C=O) groups excluding carboxylic acids is 1. The standard InChI is InChI=1S/C24H19N3O2/c28-22(18-12-6-2-7-13-18)21-23(27-24(29)19-14-8-3-9-15-19)25-16-20(26-21)17-10-4-1-5-11-17/h1-16,22,28H,(H,25,27,29). The molecule has 5 heteroatoms. The summed E-state index contributed by atoms with van der Waals surface area (Å²) in [6, 6.07) is 27.6. The molecular weight excluding hydrogens is 362 g/mol. The Bertz CT molecular complexity index is 1100. The molecule has 0 aliphatic carbocycles. The van der Waals surface area contributed by atoms with Crippen LogP contribution in [0.15, 0.2) is 97.2 Å². The Morgan fingerprint density at radius 2 is 1.41 bits per heavy atom. The van der Waals surface area contributed by atoms with Gasteiger partial charge in [0.25, 0.3) is 5.91 Å².